The highest BCUT2D eigenvalue weighted by Gasteiger charge is 2.27. The molecule has 0 aromatic carbocycles. The zero-order valence-electron chi connectivity index (χ0n) is 7.61. The Bertz CT molecular complexity index is 397. The highest BCUT2D eigenvalue weighted by molar-refractivity contribution is 5.57. The molecule has 1 aromatic rings. The van der Waals surface area contributed by atoms with E-state index in [0.29, 0.717) is 0 Å². The summed E-state index contributed by atoms with van der Waals surface area (Å²) in [5, 5.41) is 10.4. The summed E-state index contributed by atoms with van der Waals surface area (Å²) in [6.07, 6.45) is -2.96. The molecule has 6 nitrogen and oxygen atoms in total. The van der Waals surface area contributed by atoms with Crippen molar-refractivity contribution in [2.75, 3.05) is 12.8 Å². The first-order valence-corrected chi connectivity index (χ1v) is 3.74. The highest BCUT2D eigenvalue weighted by atomic mass is 19.3. The first-order chi connectivity index (χ1) is 6.97. The number of hydrogen-bond acceptors (Lipinski definition) is 5. The van der Waals surface area contributed by atoms with Crippen LogP contribution in [-0.2, 0) is 0 Å². The summed E-state index contributed by atoms with van der Waals surface area (Å²) in [6.45, 7) is 0. The van der Waals surface area contributed by atoms with Crippen LogP contribution < -0.4 is 10.5 Å². The molecule has 1 rings (SSSR count). The predicted octanol–water partition coefficient (Wildman–Crippen LogP) is 1.52. The number of halogens is 2. The molecule has 0 saturated heterocycles. The molecule has 0 aliphatic heterocycles. The van der Waals surface area contributed by atoms with Gasteiger partial charge in [0.2, 0.25) is 0 Å². The number of alkyl halides is 2. The summed E-state index contributed by atoms with van der Waals surface area (Å²) in [6, 6.07) is 0.951. The number of rotatable bonds is 3. The molecule has 0 bridgehead atoms. The Hall–Kier alpha value is -1.99. The van der Waals surface area contributed by atoms with Crippen LogP contribution in [-0.4, -0.2) is 17.0 Å². The van der Waals surface area contributed by atoms with Gasteiger partial charge in [0.25, 0.3) is 5.69 Å². The van der Waals surface area contributed by atoms with Crippen LogP contribution in [0.25, 0.3) is 0 Å². The first-order valence-electron chi connectivity index (χ1n) is 3.74. The van der Waals surface area contributed by atoms with Gasteiger partial charge in [-0.05, 0) is 9.91 Å². The minimum Gasteiger partial charge on any atom is -0.492 e. The second-order valence-corrected chi connectivity index (χ2v) is 2.55. The van der Waals surface area contributed by atoms with Gasteiger partial charge in [-0.15, -0.1) is 0 Å². The Morgan fingerprint density at radius 3 is 2.67 bits per heavy atom. The summed E-state index contributed by atoms with van der Waals surface area (Å²) in [5.41, 5.74) is 4.13. The molecule has 0 amide bonds. The number of nitro groups is 1. The van der Waals surface area contributed by atoms with Crippen molar-refractivity contribution in [3.05, 3.63) is 21.9 Å². The van der Waals surface area contributed by atoms with Crippen molar-refractivity contribution in [3.8, 4) is 5.75 Å². The number of pyridine rings is 1. The van der Waals surface area contributed by atoms with E-state index in [2.05, 4.69) is 9.72 Å². The molecule has 1 aromatic heterocycles. The Labute approximate surface area is 82.8 Å². The fourth-order valence-electron chi connectivity index (χ4n) is 0.980. The molecule has 0 aliphatic carbocycles. The quantitative estimate of drug-likeness (QED) is 0.614. The Balaban J connectivity index is 3.37. The Morgan fingerprint density at radius 2 is 2.27 bits per heavy atom. The summed E-state index contributed by atoms with van der Waals surface area (Å²) >= 11 is 0. The Kier molecular flexibility index (Phi) is 2.98. The van der Waals surface area contributed by atoms with E-state index in [1.54, 1.807) is 0 Å². The van der Waals surface area contributed by atoms with Gasteiger partial charge in [-0.1, -0.05) is 0 Å². The van der Waals surface area contributed by atoms with Gasteiger partial charge in [-0.2, -0.15) is 0 Å². The molecule has 1 heterocycles. The van der Waals surface area contributed by atoms with Crippen LogP contribution in [0.3, 0.4) is 0 Å². The predicted molar refractivity (Wildman–Crippen MR) is 46.8 cm³/mol. The second kappa shape index (κ2) is 4.03. The zero-order valence-corrected chi connectivity index (χ0v) is 7.61. The average molecular weight is 219 g/mol. The number of nitrogens with zero attached hydrogens (tertiary/aromatic N) is 2. The lowest BCUT2D eigenvalue weighted by atomic mass is 10.3. The van der Waals surface area contributed by atoms with Gasteiger partial charge >= 0.3 is 12.2 Å². The maximum absolute atomic E-state index is 12.4. The van der Waals surface area contributed by atoms with Crippen LogP contribution in [0.15, 0.2) is 6.07 Å². The molecule has 0 spiro atoms. The van der Waals surface area contributed by atoms with E-state index >= 15 is 0 Å². The van der Waals surface area contributed by atoms with Crippen LogP contribution in [0.2, 0.25) is 0 Å². The maximum atomic E-state index is 12.4. The largest absolute Gasteiger partial charge is 0.492 e. The smallest absolute Gasteiger partial charge is 0.387 e. The number of ether oxygens (including phenoxy) is 1. The van der Waals surface area contributed by atoms with E-state index in [4.69, 9.17) is 5.73 Å². The van der Waals surface area contributed by atoms with Crippen LogP contribution in [0.1, 0.15) is 12.1 Å². The van der Waals surface area contributed by atoms with Crippen molar-refractivity contribution >= 4 is 11.5 Å². The maximum Gasteiger partial charge on any atom is 0.387 e. The molecule has 0 radical (unpaired) electrons. The summed E-state index contributed by atoms with van der Waals surface area (Å²) < 4.78 is 29.3. The normalized spacial score (nSPS) is 10.4. The van der Waals surface area contributed by atoms with Crippen LogP contribution >= 0.6 is 0 Å². The third-order valence-electron chi connectivity index (χ3n) is 1.62. The van der Waals surface area contributed by atoms with E-state index < -0.39 is 22.9 Å². The number of nitrogen functional groups attached to an aromatic ring is 1. The van der Waals surface area contributed by atoms with E-state index in [1.807, 2.05) is 0 Å². The van der Waals surface area contributed by atoms with Crippen molar-refractivity contribution < 1.29 is 18.4 Å². The minimum atomic E-state index is -2.96. The van der Waals surface area contributed by atoms with Crippen LogP contribution in [0, 0.1) is 10.1 Å². The van der Waals surface area contributed by atoms with Crippen molar-refractivity contribution in [2.24, 2.45) is 0 Å². The molecular formula is C7H7F2N3O3. The topological polar surface area (TPSA) is 91.3 Å². The zero-order chi connectivity index (χ0) is 11.6. The molecule has 8 heteroatoms. The molecule has 0 aliphatic rings. The molecule has 0 fully saturated rings. The van der Waals surface area contributed by atoms with Crippen LogP contribution in [0.5, 0.6) is 5.75 Å². The summed E-state index contributed by atoms with van der Waals surface area (Å²) in [5.74, 6) is -1.07. The number of aromatic nitrogens is 1. The monoisotopic (exact) mass is 219 g/mol. The van der Waals surface area contributed by atoms with Crippen molar-refractivity contribution in [3.63, 3.8) is 0 Å². The number of anilines is 1. The molecule has 82 valence electrons. The first kappa shape index (κ1) is 11.1. The number of methoxy groups -OCH3 is 1. The fourth-order valence-corrected chi connectivity index (χ4v) is 0.980. The van der Waals surface area contributed by atoms with Gasteiger partial charge in [-0.3, -0.25) is 0 Å². The lowest BCUT2D eigenvalue weighted by Crippen LogP contribution is -2.04. The SMILES string of the molecule is COc1cc(N)c([N+](=O)[O-])nc1C(F)F. The van der Waals surface area contributed by atoms with Gasteiger partial charge in [0.15, 0.2) is 5.75 Å². The van der Waals surface area contributed by atoms with Crippen molar-refractivity contribution in [2.45, 2.75) is 6.43 Å². The molecule has 0 atom stereocenters. The summed E-state index contributed by atoms with van der Waals surface area (Å²) in [4.78, 5) is 12.6. The standard InChI is InChI=1S/C7H7F2N3O3/c1-15-4-2-3(10)7(12(13)14)11-5(4)6(8)9/h2,6H,10H2,1H3. The van der Waals surface area contributed by atoms with E-state index in [-0.39, 0.29) is 11.4 Å². The van der Waals surface area contributed by atoms with E-state index in [9.17, 15) is 18.9 Å². The summed E-state index contributed by atoms with van der Waals surface area (Å²) in [7, 11) is 1.15. The molecule has 2 N–H and O–H groups in total. The molecule has 15 heavy (non-hydrogen) atoms. The third-order valence-corrected chi connectivity index (χ3v) is 1.62. The number of hydrogen-bond donors (Lipinski definition) is 1. The van der Waals surface area contributed by atoms with Gasteiger partial charge in [0, 0.05) is 6.07 Å². The van der Waals surface area contributed by atoms with Crippen molar-refractivity contribution in [1.29, 1.82) is 0 Å². The minimum absolute atomic E-state index is 0.270. The second-order valence-electron chi connectivity index (χ2n) is 2.55. The van der Waals surface area contributed by atoms with Crippen LogP contribution in [0.4, 0.5) is 20.3 Å². The van der Waals surface area contributed by atoms with E-state index in [0.717, 1.165) is 13.2 Å². The lowest BCUT2D eigenvalue weighted by molar-refractivity contribution is -0.388. The highest BCUT2D eigenvalue weighted by Crippen LogP contribution is 2.32. The van der Waals surface area contributed by atoms with Gasteiger partial charge in [-0.25, -0.2) is 8.78 Å². The molecule has 0 saturated carbocycles. The molecule has 0 unspecified atom stereocenters. The van der Waals surface area contributed by atoms with Crippen molar-refractivity contribution in [1.82, 2.24) is 4.98 Å². The van der Waals surface area contributed by atoms with Gasteiger partial charge in [0.1, 0.15) is 5.69 Å². The van der Waals surface area contributed by atoms with Gasteiger partial charge in [0.05, 0.1) is 7.11 Å². The average Bonchev–Trinajstić information content (AvgIpc) is 2.16. The van der Waals surface area contributed by atoms with E-state index in [1.165, 1.54) is 0 Å². The fraction of sp³-hybridized carbons (Fsp3) is 0.286. The third kappa shape index (κ3) is 2.09. The lowest BCUT2D eigenvalue weighted by Gasteiger charge is -2.04. The number of nitrogens with two attached hydrogens (primary N) is 1. The molecular weight excluding hydrogens is 212 g/mol. The Morgan fingerprint density at radius 1 is 1.67 bits per heavy atom. The van der Waals surface area contributed by atoms with Gasteiger partial charge < -0.3 is 20.6 Å².